The molecule has 1 heterocycles. The smallest absolute Gasteiger partial charge is 0.261 e. The van der Waals surface area contributed by atoms with E-state index >= 15 is 0 Å². The Morgan fingerprint density at radius 3 is 2.27 bits per heavy atom. The predicted molar refractivity (Wildman–Crippen MR) is 115 cm³/mol. The Hall–Kier alpha value is -2.49. The summed E-state index contributed by atoms with van der Waals surface area (Å²) in [6, 6.07) is 10.8. The second-order valence-corrected chi connectivity index (χ2v) is 9.07. The Bertz CT molecular complexity index is 941. The van der Waals surface area contributed by atoms with Crippen LogP contribution in [0.1, 0.15) is 16.8 Å². The number of carbonyl (C=O) groups is 1. The van der Waals surface area contributed by atoms with Crippen molar-refractivity contribution in [3.63, 3.8) is 0 Å². The Morgan fingerprint density at radius 2 is 1.63 bits per heavy atom. The fourth-order valence-electron chi connectivity index (χ4n) is 3.20. The maximum atomic E-state index is 13.0. The van der Waals surface area contributed by atoms with E-state index in [4.69, 9.17) is 0 Å². The highest BCUT2D eigenvalue weighted by atomic mass is 32.2. The third-order valence-electron chi connectivity index (χ3n) is 5.06. The number of likely N-dealkylation sites (N-methyl/N-ethyl adjacent to an activating group) is 1. The van der Waals surface area contributed by atoms with E-state index in [0.717, 1.165) is 51.3 Å². The molecule has 1 fully saturated rings. The lowest BCUT2D eigenvalue weighted by atomic mass is 10.2. The Morgan fingerprint density at radius 1 is 1.00 bits per heavy atom. The summed E-state index contributed by atoms with van der Waals surface area (Å²) < 4.78 is 40.1. The van der Waals surface area contributed by atoms with Crippen LogP contribution in [0.25, 0.3) is 0 Å². The molecule has 0 radical (unpaired) electrons. The summed E-state index contributed by atoms with van der Waals surface area (Å²) in [6.45, 7) is 5.80. The summed E-state index contributed by atoms with van der Waals surface area (Å²) in [6.07, 6.45) is 0.880. The van der Waals surface area contributed by atoms with Crippen LogP contribution in [-0.2, 0) is 10.0 Å². The number of anilines is 1. The lowest BCUT2D eigenvalue weighted by Crippen LogP contribution is -2.45. The first-order chi connectivity index (χ1) is 14.3. The fraction of sp³-hybridized carbons (Fsp3) is 0.381. The van der Waals surface area contributed by atoms with E-state index < -0.39 is 15.8 Å². The van der Waals surface area contributed by atoms with Gasteiger partial charge in [0.15, 0.2) is 0 Å². The van der Waals surface area contributed by atoms with E-state index in [1.165, 1.54) is 24.3 Å². The summed E-state index contributed by atoms with van der Waals surface area (Å²) in [5, 5.41) is 2.90. The molecule has 1 amide bonds. The monoisotopic (exact) mass is 434 g/mol. The molecule has 2 aromatic carbocycles. The molecule has 0 spiro atoms. The molecule has 9 heteroatoms. The average Bonchev–Trinajstić information content (AvgIpc) is 2.73. The highest BCUT2D eigenvalue weighted by Crippen LogP contribution is 2.17. The average molecular weight is 435 g/mol. The fourth-order valence-corrected chi connectivity index (χ4v) is 4.25. The second-order valence-electron chi connectivity index (χ2n) is 7.39. The van der Waals surface area contributed by atoms with Crippen molar-refractivity contribution < 1.29 is 17.6 Å². The molecule has 0 saturated carbocycles. The van der Waals surface area contributed by atoms with Gasteiger partial charge in [-0.05, 0) is 68.5 Å². The van der Waals surface area contributed by atoms with Gasteiger partial charge in [-0.25, -0.2) is 12.8 Å². The largest absolute Gasteiger partial charge is 0.352 e. The maximum absolute atomic E-state index is 13.0. The van der Waals surface area contributed by atoms with Crippen molar-refractivity contribution >= 4 is 21.6 Å². The van der Waals surface area contributed by atoms with Crippen molar-refractivity contribution in [3.05, 3.63) is 59.9 Å². The van der Waals surface area contributed by atoms with Crippen molar-refractivity contribution in [1.29, 1.82) is 0 Å². The van der Waals surface area contributed by atoms with Gasteiger partial charge in [-0.3, -0.25) is 9.52 Å². The quantitative estimate of drug-likeness (QED) is 0.621. The molecule has 1 aliphatic heterocycles. The molecule has 162 valence electrons. The van der Waals surface area contributed by atoms with Crippen LogP contribution < -0.4 is 10.0 Å². The first kappa shape index (κ1) is 22.2. The van der Waals surface area contributed by atoms with Gasteiger partial charge in [0.2, 0.25) is 0 Å². The van der Waals surface area contributed by atoms with E-state index in [-0.39, 0.29) is 10.8 Å². The highest BCUT2D eigenvalue weighted by Gasteiger charge is 2.15. The molecule has 1 saturated heterocycles. The maximum Gasteiger partial charge on any atom is 0.261 e. The van der Waals surface area contributed by atoms with Crippen LogP contribution in [-0.4, -0.2) is 70.4 Å². The molecular formula is C21H27FN4O3S. The number of hydrogen-bond donors (Lipinski definition) is 2. The van der Waals surface area contributed by atoms with Crippen molar-refractivity contribution in [2.75, 3.05) is 51.0 Å². The van der Waals surface area contributed by atoms with Gasteiger partial charge in [-0.15, -0.1) is 0 Å². The zero-order chi connectivity index (χ0) is 21.6. The molecule has 0 atom stereocenters. The number of benzene rings is 2. The van der Waals surface area contributed by atoms with Crippen molar-refractivity contribution in [1.82, 2.24) is 15.1 Å². The van der Waals surface area contributed by atoms with Crippen molar-refractivity contribution in [2.45, 2.75) is 11.3 Å². The van der Waals surface area contributed by atoms with Crippen LogP contribution in [0.4, 0.5) is 10.1 Å². The number of nitrogens with one attached hydrogen (secondary N) is 2. The number of halogens is 1. The minimum Gasteiger partial charge on any atom is -0.352 e. The van der Waals surface area contributed by atoms with E-state index in [2.05, 4.69) is 26.9 Å². The standard InChI is InChI=1S/C21H27FN4O3S/c1-25-13-15-26(16-14-25)12-2-11-23-21(27)17-3-7-19(8-4-17)24-30(28,29)20-9-5-18(22)6-10-20/h3-10,24H,2,11-16H2,1H3,(H,23,27). The van der Waals surface area contributed by atoms with Crippen LogP contribution in [0.2, 0.25) is 0 Å². The van der Waals surface area contributed by atoms with E-state index in [1.807, 2.05) is 0 Å². The number of piperazine rings is 1. The zero-order valence-corrected chi connectivity index (χ0v) is 17.8. The topological polar surface area (TPSA) is 81.8 Å². The third-order valence-corrected chi connectivity index (χ3v) is 6.45. The number of sulfonamides is 1. The van der Waals surface area contributed by atoms with Gasteiger partial charge >= 0.3 is 0 Å². The molecule has 7 nitrogen and oxygen atoms in total. The van der Waals surface area contributed by atoms with E-state index in [1.54, 1.807) is 12.1 Å². The van der Waals surface area contributed by atoms with E-state index in [9.17, 15) is 17.6 Å². The summed E-state index contributed by atoms with van der Waals surface area (Å²) in [4.78, 5) is 17.0. The van der Waals surface area contributed by atoms with Gasteiger partial charge < -0.3 is 15.1 Å². The lowest BCUT2D eigenvalue weighted by Gasteiger charge is -2.32. The SMILES string of the molecule is CN1CCN(CCCNC(=O)c2ccc(NS(=O)(=O)c3ccc(F)cc3)cc2)CC1. The third kappa shape index (κ3) is 6.25. The zero-order valence-electron chi connectivity index (χ0n) is 17.0. The molecule has 30 heavy (non-hydrogen) atoms. The molecule has 2 N–H and O–H groups in total. The normalized spacial score (nSPS) is 15.7. The van der Waals surface area contributed by atoms with Gasteiger partial charge in [-0.2, -0.15) is 0 Å². The van der Waals surface area contributed by atoms with Crippen LogP contribution in [0, 0.1) is 5.82 Å². The molecule has 0 bridgehead atoms. The minimum atomic E-state index is -3.82. The van der Waals surface area contributed by atoms with E-state index in [0.29, 0.717) is 17.8 Å². The van der Waals surface area contributed by atoms with Crippen molar-refractivity contribution in [3.8, 4) is 0 Å². The van der Waals surface area contributed by atoms with Gasteiger partial charge in [0.1, 0.15) is 5.82 Å². The minimum absolute atomic E-state index is 0.0360. The molecular weight excluding hydrogens is 407 g/mol. The first-order valence-corrected chi connectivity index (χ1v) is 11.4. The summed E-state index contributed by atoms with van der Waals surface area (Å²) >= 11 is 0. The predicted octanol–water partition coefficient (Wildman–Crippen LogP) is 1.99. The summed E-state index contributed by atoms with van der Waals surface area (Å²) in [7, 11) is -1.70. The van der Waals surface area contributed by atoms with Gasteiger partial charge in [0.05, 0.1) is 4.90 Å². The lowest BCUT2D eigenvalue weighted by molar-refractivity contribution is 0.0949. The molecule has 0 aromatic heterocycles. The Labute approximate surface area is 176 Å². The molecule has 1 aliphatic rings. The number of hydrogen-bond acceptors (Lipinski definition) is 5. The van der Waals surface area contributed by atoms with Gasteiger partial charge in [0.25, 0.3) is 15.9 Å². The van der Waals surface area contributed by atoms with Crippen molar-refractivity contribution in [2.24, 2.45) is 0 Å². The number of rotatable bonds is 8. The number of amides is 1. The van der Waals surface area contributed by atoms with Gasteiger partial charge in [-0.1, -0.05) is 0 Å². The second kappa shape index (κ2) is 10.0. The molecule has 2 aromatic rings. The Balaban J connectivity index is 1.46. The number of carbonyl (C=O) groups excluding carboxylic acids is 1. The van der Waals surface area contributed by atoms with Crippen LogP contribution in [0.15, 0.2) is 53.4 Å². The van der Waals surface area contributed by atoms with Crippen LogP contribution >= 0.6 is 0 Å². The Kier molecular flexibility index (Phi) is 7.41. The highest BCUT2D eigenvalue weighted by molar-refractivity contribution is 7.92. The molecule has 0 unspecified atom stereocenters. The molecule has 0 aliphatic carbocycles. The summed E-state index contributed by atoms with van der Waals surface area (Å²) in [5.74, 6) is -0.700. The van der Waals surface area contributed by atoms with Crippen LogP contribution in [0.3, 0.4) is 0 Å². The number of nitrogens with zero attached hydrogens (tertiary/aromatic N) is 2. The summed E-state index contributed by atoms with van der Waals surface area (Å²) in [5.41, 5.74) is 0.783. The molecule has 3 rings (SSSR count). The van der Waals surface area contributed by atoms with Gasteiger partial charge in [0, 0.05) is 44.0 Å². The van der Waals surface area contributed by atoms with Crippen LogP contribution in [0.5, 0.6) is 0 Å². The first-order valence-electron chi connectivity index (χ1n) is 9.91.